The molecule has 0 aliphatic carbocycles. The van der Waals surface area contributed by atoms with E-state index in [1.807, 2.05) is 12.1 Å². The van der Waals surface area contributed by atoms with Gasteiger partial charge < -0.3 is 10.2 Å². The molecule has 3 heteroatoms. The van der Waals surface area contributed by atoms with Gasteiger partial charge in [0, 0.05) is 23.8 Å². The highest BCUT2D eigenvalue weighted by Crippen LogP contribution is 2.40. The first-order chi connectivity index (χ1) is 8.77. The van der Waals surface area contributed by atoms with Crippen LogP contribution in [0, 0.1) is 5.41 Å². The lowest BCUT2D eigenvalue weighted by molar-refractivity contribution is 0.155. The molecular formula is C15H21ClN2. The van der Waals surface area contributed by atoms with E-state index >= 15 is 0 Å². The van der Waals surface area contributed by atoms with Gasteiger partial charge in [0.15, 0.2) is 0 Å². The first-order valence-corrected chi connectivity index (χ1v) is 7.37. The van der Waals surface area contributed by atoms with Gasteiger partial charge >= 0.3 is 0 Å². The molecule has 1 spiro atoms. The monoisotopic (exact) mass is 264 g/mol. The first-order valence-electron chi connectivity index (χ1n) is 6.99. The Morgan fingerprint density at radius 3 is 2.17 bits per heavy atom. The number of anilines is 1. The van der Waals surface area contributed by atoms with Crippen LogP contribution in [0.3, 0.4) is 0 Å². The van der Waals surface area contributed by atoms with E-state index in [0.717, 1.165) is 5.02 Å². The van der Waals surface area contributed by atoms with Crippen LogP contribution in [0.1, 0.15) is 25.7 Å². The number of hydrogen-bond donors (Lipinski definition) is 1. The second-order valence-corrected chi connectivity index (χ2v) is 6.15. The summed E-state index contributed by atoms with van der Waals surface area (Å²) in [5.74, 6) is 0. The van der Waals surface area contributed by atoms with Crippen LogP contribution in [-0.4, -0.2) is 26.2 Å². The number of halogens is 1. The minimum absolute atomic E-state index is 0.633. The summed E-state index contributed by atoms with van der Waals surface area (Å²) < 4.78 is 0. The molecule has 0 amide bonds. The van der Waals surface area contributed by atoms with Gasteiger partial charge in [0.25, 0.3) is 0 Å². The molecule has 2 nitrogen and oxygen atoms in total. The molecule has 0 bridgehead atoms. The zero-order valence-corrected chi connectivity index (χ0v) is 11.5. The Hall–Kier alpha value is -0.730. The van der Waals surface area contributed by atoms with Crippen LogP contribution < -0.4 is 10.2 Å². The summed E-state index contributed by atoms with van der Waals surface area (Å²) in [7, 11) is 0. The molecule has 2 aliphatic rings. The molecule has 18 heavy (non-hydrogen) atoms. The van der Waals surface area contributed by atoms with Crippen molar-refractivity contribution < 1.29 is 0 Å². The van der Waals surface area contributed by atoms with Gasteiger partial charge in [0.1, 0.15) is 0 Å². The fourth-order valence-electron chi connectivity index (χ4n) is 3.35. The number of nitrogens with zero attached hydrogens (tertiary/aromatic N) is 1. The van der Waals surface area contributed by atoms with Crippen LogP contribution in [-0.2, 0) is 0 Å². The summed E-state index contributed by atoms with van der Waals surface area (Å²) in [6, 6.07) is 8.27. The zero-order chi connectivity index (χ0) is 12.4. The van der Waals surface area contributed by atoms with Crippen LogP contribution in [0.25, 0.3) is 0 Å². The number of benzene rings is 1. The molecule has 0 radical (unpaired) electrons. The first kappa shape index (κ1) is 12.3. The molecule has 1 aromatic rings. The molecule has 0 saturated carbocycles. The van der Waals surface area contributed by atoms with E-state index in [0.29, 0.717) is 5.41 Å². The SMILES string of the molecule is Clc1ccc(N2CCC3(CCNCC3)CC2)cc1. The van der Waals surface area contributed by atoms with E-state index in [2.05, 4.69) is 22.3 Å². The van der Waals surface area contributed by atoms with Crippen LogP contribution in [0.5, 0.6) is 0 Å². The van der Waals surface area contributed by atoms with Gasteiger partial charge in [-0.25, -0.2) is 0 Å². The number of piperidine rings is 2. The normalized spacial score (nSPS) is 23.3. The highest BCUT2D eigenvalue weighted by molar-refractivity contribution is 6.30. The quantitative estimate of drug-likeness (QED) is 0.837. The van der Waals surface area contributed by atoms with Crippen molar-refractivity contribution in [2.75, 3.05) is 31.1 Å². The molecule has 1 N–H and O–H groups in total. The zero-order valence-electron chi connectivity index (χ0n) is 10.8. The Kier molecular flexibility index (Phi) is 3.49. The summed E-state index contributed by atoms with van der Waals surface area (Å²) in [4.78, 5) is 2.50. The van der Waals surface area contributed by atoms with E-state index in [4.69, 9.17) is 11.6 Å². The van der Waals surface area contributed by atoms with Crippen molar-refractivity contribution in [3.63, 3.8) is 0 Å². The second-order valence-electron chi connectivity index (χ2n) is 5.71. The van der Waals surface area contributed by atoms with Gasteiger partial charge in [0.05, 0.1) is 0 Å². The number of hydrogen-bond acceptors (Lipinski definition) is 2. The predicted octanol–water partition coefficient (Wildman–Crippen LogP) is 3.31. The van der Waals surface area contributed by atoms with Crippen molar-refractivity contribution >= 4 is 17.3 Å². The van der Waals surface area contributed by atoms with Gasteiger partial charge in [-0.15, -0.1) is 0 Å². The Morgan fingerprint density at radius 1 is 0.944 bits per heavy atom. The third-order valence-corrected chi connectivity index (χ3v) is 4.93. The molecule has 98 valence electrons. The van der Waals surface area contributed by atoms with E-state index < -0.39 is 0 Å². The Balaban J connectivity index is 1.64. The van der Waals surface area contributed by atoms with Gasteiger partial charge in [-0.05, 0) is 68.5 Å². The summed E-state index contributed by atoms with van der Waals surface area (Å²) in [5, 5.41) is 4.30. The van der Waals surface area contributed by atoms with Gasteiger partial charge in [-0.1, -0.05) is 11.6 Å². The smallest absolute Gasteiger partial charge is 0.0407 e. The van der Waals surface area contributed by atoms with E-state index in [1.165, 1.54) is 57.5 Å². The second kappa shape index (κ2) is 5.10. The Morgan fingerprint density at radius 2 is 1.56 bits per heavy atom. The maximum absolute atomic E-state index is 5.94. The average Bonchev–Trinajstić information content (AvgIpc) is 2.42. The maximum Gasteiger partial charge on any atom is 0.0407 e. The Labute approximate surface area is 114 Å². The third kappa shape index (κ3) is 2.50. The fourth-order valence-corrected chi connectivity index (χ4v) is 3.47. The highest BCUT2D eigenvalue weighted by Gasteiger charge is 2.35. The van der Waals surface area contributed by atoms with Crippen LogP contribution in [0.4, 0.5) is 5.69 Å². The number of nitrogens with one attached hydrogen (secondary N) is 1. The highest BCUT2D eigenvalue weighted by atomic mass is 35.5. The minimum atomic E-state index is 0.633. The van der Waals surface area contributed by atoms with E-state index in [-0.39, 0.29) is 0 Å². The number of rotatable bonds is 1. The van der Waals surface area contributed by atoms with Crippen molar-refractivity contribution in [1.29, 1.82) is 0 Å². The Bertz CT molecular complexity index is 385. The van der Waals surface area contributed by atoms with Crippen molar-refractivity contribution in [1.82, 2.24) is 5.32 Å². The fraction of sp³-hybridized carbons (Fsp3) is 0.600. The van der Waals surface area contributed by atoms with Crippen molar-refractivity contribution in [2.24, 2.45) is 5.41 Å². The lowest BCUT2D eigenvalue weighted by Crippen LogP contribution is -2.45. The summed E-state index contributed by atoms with van der Waals surface area (Å²) in [5.41, 5.74) is 1.96. The summed E-state index contributed by atoms with van der Waals surface area (Å²) in [6.07, 6.45) is 5.41. The molecule has 2 saturated heterocycles. The summed E-state index contributed by atoms with van der Waals surface area (Å²) in [6.45, 7) is 4.81. The molecule has 2 heterocycles. The topological polar surface area (TPSA) is 15.3 Å². The van der Waals surface area contributed by atoms with Crippen molar-refractivity contribution in [2.45, 2.75) is 25.7 Å². The third-order valence-electron chi connectivity index (χ3n) is 4.68. The molecule has 3 rings (SSSR count). The molecule has 0 aromatic heterocycles. The molecule has 0 atom stereocenters. The molecule has 0 unspecified atom stereocenters. The van der Waals surface area contributed by atoms with Crippen LogP contribution in [0.15, 0.2) is 24.3 Å². The summed E-state index contributed by atoms with van der Waals surface area (Å²) >= 11 is 5.94. The minimum Gasteiger partial charge on any atom is -0.371 e. The molecule has 2 fully saturated rings. The van der Waals surface area contributed by atoms with Gasteiger partial charge in [0.2, 0.25) is 0 Å². The van der Waals surface area contributed by atoms with Crippen LogP contribution >= 0.6 is 11.6 Å². The average molecular weight is 265 g/mol. The van der Waals surface area contributed by atoms with E-state index in [9.17, 15) is 0 Å². The van der Waals surface area contributed by atoms with Gasteiger partial charge in [-0.3, -0.25) is 0 Å². The lowest BCUT2D eigenvalue weighted by atomic mass is 9.71. The van der Waals surface area contributed by atoms with E-state index in [1.54, 1.807) is 0 Å². The van der Waals surface area contributed by atoms with Crippen molar-refractivity contribution in [3.8, 4) is 0 Å². The van der Waals surface area contributed by atoms with Gasteiger partial charge in [-0.2, -0.15) is 0 Å². The largest absolute Gasteiger partial charge is 0.371 e. The molecular weight excluding hydrogens is 244 g/mol. The van der Waals surface area contributed by atoms with Crippen LogP contribution in [0.2, 0.25) is 5.02 Å². The standard InChI is InChI=1S/C15H21ClN2/c16-13-1-3-14(4-2-13)18-11-7-15(8-12-18)5-9-17-10-6-15/h1-4,17H,5-12H2. The van der Waals surface area contributed by atoms with Crippen molar-refractivity contribution in [3.05, 3.63) is 29.3 Å². The molecule has 1 aromatic carbocycles. The predicted molar refractivity (Wildman–Crippen MR) is 77.4 cm³/mol. The lowest BCUT2D eigenvalue weighted by Gasteiger charge is -2.45. The molecule has 2 aliphatic heterocycles. The maximum atomic E-state index is 5.94.